The highest BCUT2D eigenvalue weighted by atomic mass is 31.1. The minimum Gasteiger partial charge on any atom is -0.490 e. The fraction of sp³-hybridized carbons (Fsp3) is 0.735. The first kappa shape index (κ1) is 39.0. The summed E-state index contributed by atoms with van der Waals surface area (Å²) in [5.41, 5.74) is 2.58. The van der Waals surface area contributed by atoms with Crippen molar-refractivity contribution in [2.24, 2.45) is 29.6 Å². The quantitative estimate of drug-likeness (QED) is 0.0722. The molecule has 7 unspecified atom stereocenters. The second-order valence-corrected chi connectivity index (χ2v) is 14.8. The Kier molecular flexibility index (Phi) is 19.3. The van der Waals surface area contributed by atoms with E-state index in [0.717, 1.165) is 31.3 Å². The minimum atomic E-state index is -0.638. The summed E-state index contributed by atoms with van der Waals surface area (Å²) in [5, 5.41) is 10.8. The molecule has 0 aliphatic carbocycles. The van der Waals surface area contributed by atoms with Crippen LogP contribution in [0.1, 0.15) is 100 Å². The number of hydrogen-bond donors (Lipinski definition) is 1. The van der Waals surface area contributed by atoms with E-state index in [9.17, 15) is 9.90 Å². The second-order valence-electron chi connectivity index (χ2n) is 12.8. The number of esters is 1. The van der Waals surface area contributed by atoms with E-state index in [1.807, 2.05) is 19.9 Å². The molecule has 1 aliphatic heterocycles. The lowest BCUT2D eigenvalue weighted by molar-refractivity contribution is -0.150. The summed E-state index contributed by atoms with van der Waals surface area (Å²) in [4.78, 5) is 13.2. The van der Waals surface area contributed by atoms with E-state index in [4.69, 9.17) is 18.8 Å². The summed E-state index contributed by atoms with van der Waals surface area (Å²) in [6, 6.07) is 0. The lowest BCUT2D eigenvalue weighted by Crippen LogP contribution is -2.26. The molecule has 0 bridgehead atoms. The van der Waals surface area contributed by atoms with Crippen molar-refractivity contribution < 1.29 is 28.7 Å². The van der Waals surface area contributed by atoms with Crippen LogP contribution in [-0.2, 0) is 23.6 Å². The van der Waals surface area contributed by atoms with Gasteiger partial charge in [-0.05, 0) is 63.1 Å². The van der Waals surface area contributed by atoms with Crippen LogP contribution in [0.3, 0.4) is 0 Å². The average molecular weight is 627 g/mol. The van der Waals surface area contributed by atoms with Crippen LogP contribution < -0.4 is 0 Å². The Labute approximate surface area is 260 Å². The van der Waals surface area contributed by atoms with Gasteiger partial charge in [0.15, 0.2) is 0 Å². The summed E-state index contributed by atoms with van der Waals surface area (Å²) < 4.78 is 21.9. The fourth-order valence-electron chi connectivity index (χ4n) is 6.24. The molecule has 9 atom stereocenters. The number of unbranched alkanes of at least 4 members (excludes halogenated alkanes) is 2. The smallest absolute Gasteiger partial charge is 0.373 e. The summed E-state index contributed by atoms with van der Waals surface area (Å²) in [5.74, 6) is 1.12. The fourth-order valence-corrected chi connectivity index (χ4v) is 8.59. The minimum absolute atomic E-state index is 0.0594. The van der Waals surface area contributed by atoms with Gasteiger partial charge in [0.1, 0.15) is 6.10 Å². The highest BCUT2D eigenvalue weighted by molar-refractivity contribution is 7.52. The maximum Gasteiger partial charge on any atom is 0.373 e. The van der Waals surface area contributed by atoms with Crippen LogP contribution in [0.15, 0.2) is 47.3 Å². The molecule has 0 saturated carbocycles. The maximum atomic E-state index is 13.2. The monoisotopic (exact) mass is 626 g/mol. The summed E-state index contributed by atoms with van der Waals surface area (Å²) in [6.45, 7) is 19.3. The van der Waals surface area contributed by atoms with Gasteiger partial charge in [0.05, 0.1) is 21.4 Å². The standard InChI is InChI=1S/C34H60O6P2/c1-23(2)33(42(10)40-39-41)27(6)18-13-11-12-17-26(5)30-19-15-14-16-24(3)20-28(7)32(35)29(8)21-25(4)22-31(37-9)34(36)38-30/h14-16,21-23,26-30,32-33,35H,11-13,17-20,41H2,1-10H3/b15-14+,24-16+,25-21+,31-22-/t26?,27?,28-,29?,30?,32?,33+,42?/m0/s1. The molecular weight excluding hydrogens is 566 g/mol. The van der Waals surface area contributed by atoms with E-state index in [-0.39, 0.29) is 29.6 Å². The Bertz CT molecular complexity index is 912. The van der Waals surface area contributed by atoms with Crippen LogP contribution in [-0.4, -0.2) is 42.7 Å². The third-order valence-electron chi connectivity index (χ3n) is 8.52. The van der Waals surface area contributed by atoms with Gasteiger partial charge < -0.3 is 14.6 Å². The number of hydrogen-bond acceptors (Lipinski definition) is 6. The average Bonchev–Trinajstić information content (AvgIpc) is 2.91. The van der Waals surface area contributed by atoms with Crippen LogP contribution in [0, 0.1) is 29.6 Å². The van der Waals surface area contributed by atoms with E-state index in [0.29, 0.717) is 23.9 Å². The number of methoxy groups -OCH3 is 1. The maximum absolute atomic E-state index is 13.2. The largest absolute Gasteiger partial charge is 0.490 e. The van der Waals surface area contributed by atoms with Crippen molar-refractivity contribution in [2.45, 2.75) is 118 Å². The van der Waals surface area contributed by atoms with Gasteiger partial charge in [-0.2, -0.15) is 0 Å². The summed E-state index contributed by atoms with van der Waals surface area (Å²) >= 11 is 0. The van der Waals surface area contributed by atoms with Crippen LogP contribution in [0.25, 0.3) is 0 Å². The first-order valence-electron chi connectivity index (χ1n) is 15.7. The number of ether oxygens (including phenoxy) is 2. The van der Waals surface area contributed by atoms with E-state index in [1.54, 1.807) is 6.08 Å². The van der Waals surface area contributed by atoms with Crippen molar-refractivity contribution in [1.82, 2.24) is 0 Å². The Morgan fingerprint density at radius 3 is 2.40 bits per heavy atom. The second kappa shape index (κ2) is 20.8. The summed E-state index contributed by atoms with van der Waals surface area (Å²) in [7, 11) is 3.05. The zero-order valence-corrected chi connectivity index (χ0v) is 30.0. The zero-order chi connectivity index (χ0) is 31.8. The molecular formula is C34H60O6P2. The van der Waals surface area contributed by atoms with Crippen LogP contribution >= 0.6 is 17.6 Å². The van der Waals surface area contributed by atoms with Crippen molar-refractivity contribution >= 4 is 23.6 Å². The Morgan fingerprint density at radius 1 is 1.12 bits per heavy atom. The normalized spacial score (nSPS) is 30.5. The van der Waals surface area contributed by atoms with Gasteiger partial charge in [-0.25, -0.2) is 14.1 Å². The van der Waals surface area contributed by atoms with Gasteiger partial charge in [-0.1, -0.05) is 103 Å². The predicted octanol–water partition coefficient (Wildman–Crippen LogP) is 9.32. The number of carbonyl (C=O) groups excluding carboxylic acids is 1. The van der Waals surface area contributed by atoms with Crippen LogP contribution in [0.2, 0.25) is 0 Å². The van der Waals surface area contributed by atoms with Gasteiger partial charge in [0.25, 0.3) is 0 Å². The molecule has 42 heavy (non-hydrogen) atoms. The van der Waals surface area contributed by atoms with Gasteiger partial charge >= 0.3 is 5.97 Å². The molecule has 1 N–H and O–H groups in total. The molecule has 0 saturated heterocycles. The molecule has 0 aromatic carbocycles. The molecule has 0 radical (unpaired) electrons. The molecule has 0 spiro atoms. The van der Waals surface area contributed by atoms with Gasteiger partial charge in [-0.3, -0.25) is 0 Å². The molecule has 1 heterocycles. The van der Waals surface area contributed by atoms with Crippen LogP contribution in [0.4, 0.5) is 0 Å². The number of allylic oxidation sites excluding steroid dienone is 5. The first-order chi connectivity index (χ1) is 19.8. The SMILES string of the molecule is CO/C1=C\C(C)=C\C(C)C(O)[C@@H](C)C/C(C)=C/C=C/CC(C(C)CCCCCC(C)[C@@H](C(C)C)P(C)OOP)OC1=O. The van der Waals surface area contributed by atoms with E-state index in [2.05, 4.69) is 75.9 Å². The molecule has 0 amide bonds. The molecule has 1 aliphatic rings. The molecule has 242 valence electrons. The molecule has 1 rings (SSSR count). The molecule has 6 nitrogen and oxygen atoms in total. The van der Waals surface area contributed by atoms with Crippen molar-refractivity contribution in [3.8, 4) is 0 Å². The third-order valence-corrected chi connectivity index (χ3v) is 11.0. The van der Waals surface area contributed by atoms with E-state index < -0.39 is 20.2 Å². The van der Waals surface area contributed by atoms with Crippen molar-refractivity contribution in [2.75, 3.05) is 13.8 Å². The number of carbonyl (C=O) groups is 1. The lowest BCUT2D eigenvalue weighted by Gasteiger charge is -2.31. The number of cyclic esters (lactones) is 1. The van der Waals surface area contributed by atoms with E-state index in [1.165, 1.54) is 25.5 Å². The molecule has 0 aromatic rings. The van der Waals surface area contributed by atoms with Crippen LogP contribution in [0.5, 0.6) is 0 Å². The van der Waals surface area contributed by atoms with E-state index >= 15 is 0 Å². The Hall–Kier alpha value is -1.03. The first-order valence-corrected chi connectivity index (χ1v) is 18.0. The number of aliphatic hydroxyl groups excluding tert-OH is 1. The van der Waals surface area contributed by atoms with Gasteiger partial charge in [0.2, 0.25) is 5.76 Å². The van der Waals surface area contributed by atoms with Crippen molar-refractivity contribution in [3.05, 3.63) is 47.3 Å². The van der Waals surface area contributed by atoms with Crippen molar-refractivity contribution in [3.63, 3.8) is 0 Å². The molecule has 8 heteroatoms. The highest BCUT2D eigenvalue weighted by Gasteiger charge is 2.28. The highest BCUT2D eigenvalue weighted by Crippen LogP contribution is 2.47. The third kappa shape index (κ3) is 14.2. The van der Waals surface area contributed by atoms with Gasteiger partial charge in [0, 0.05) is 27.5 Å². The molecule has 0 aromatic heterocycles. The molecule has 0 fully saturated rings. The zero-order valence-electron chi connectivity index (χ0n) is 28.0. The lowest BCUT2D eigenvalue weighted by atomic mass is 9.87. The van der Waals surface area contributed by atoms with Gasteiger partial charge in [-0.15, -0.1) is 0 Å². The number of aliphatic hydroxyl groups is 1. The summed E-state index contributed by atoms with van der Waals surface area (Å²) in [6.07, 6.45) is 16.3. The topological polar surface area (TPSA) is 74.2 Å². The predicted molar refractivity (Wildman–Crippen MR) is 180 cm³/mol. The number of rotatable bonds is 13. The Balaban J connectivity index is 2.92. The van der Waals surface area contributed by atoms with Crippen molar-refractivity contribution in [1.29, 1.82) is 0 Å². The Morgan fingerprint density at radius 2 is 1.79 bits per heavy atom.